The molecule has 2 aromatic carbocycles. The molecule has 0 N–H and O–H groups in total. The van der Waals surface area contributed by atoms with Crippen molar-refractivity contribution in [1.29, 1.82) is 0 Å². The van der Waals surface area contributed by atoms with E-state index >= 15 is 0 Å². The van der Waals surface area contributed by atoms with Gasteiger partial charge < -0.3 is 4.57 Å². The molecule has 29 heavy (non-hydrogen) atoms. The minimum Gasteiger partial charge on any atom is -0.339 e. The summed E-state index contributed by atoms with van der Waals surface area (Å²) in [4.78, 5) is 12.5. The molecule has 0 saturated heterocycles. The first-order valence-electron chi connectivity index (χ1n) is 9.12. The number of halogens is 3. The number of carbonyl (C=O) groups excluding carboxylic acids is 1. The van der Waals surface area contributed by atoms with Crippen LogP contribution in [0.1, 0.15) is 21.5 Å². The van der Waals surface area contributed by atoms with Gasteiger partial charge in [0.25, 0.3) is 0 Å². The summed E-state index contributed by atoms with van der Waals surface area (Å²) in [6.07, 6.45) is 1.38. The SMILES string of the molecule is O=C(Cn1ccc2c[n+](Cc3ccccc3)ccc21)c1ccc(C(F)(F)F)cc1. The quantitative estimate of drug-likeness (QED) is 0.349. The lowest BCUT2D eigenvalue weighted by Gasteiger charge is -2.08. The number of carbonyl (C=O) groups is 1. The van der Waals surface area contributed by atoms with Gasteiger partial charge in [-0.2, -0.15) is 13.2 Å². The number of aromatic nitrogens is 2. The van der Waals surface area contributed by atoms with Crippen LogP contribution in [0, 0.1) is 0 Å². The van der Waals surface area contributed by atoms with Gasteiger partial charge in [0.05, 0.1) is 23.0 Å². The number of benzene rings is 2. The van der Waals surface area contributed by atoms with E-state index in [0.29, 0.717) is 0 Å². The first-order chi connectivity index (χ1) is 13.9. The summed E-state index contributed by atoms with van der Waals surface area (Å²) in [5.41, 5.74) is 1.58. The highest BCUT2D eigenvalue weighted by molar-refractivity contribution is 5.96. The Morgan fingerprint density at radius 3 is 2.34 bits per heavy atom. The number of ketones is 1. The van der Waals surface area contributed by atoms with Gasteiger partial charge in [-0.05, 0) is 18.2 Å². The summed E-state index contributed by atoms with van der Waals surface area (Å²) < 4.78 is 41.9. The van der Waals surface area contributed by atoms with E-state index < -0.39 is 11.7 Å². The van der Waals surface area contributed by atoms with Crippen LogP contribution in [0.5, 0.6) is 0 Å². The van der Waals surface area contributed by atoms with E-state index in [4.69, 9.17) is 0 Å². The molecular formula is C23H18F3N2O+. The van der Waals surface area contributed by atoms with E-state index in [1.54, 1.807) is 0 Å². The Bertz CT molecular complexity index is 1150. The van der Waals surface area contributed by atoms with Gasteiger partial charge in [-0.1, -0.05) is 42.5 Å². The fraction of sp³-hybridized carbons (Fsp3) is 0.130. The van der Waals surface area contributed by atoms with Crippen LogP contribution in [0.2, 0.25) is 0 Å². The molecule has 0 spiro atoms. The molecule has 0 saturated carbocycles. The van der Waals surface area contributed by atoms with Crippen LogP contribution in [0.15, 0.2) is 85.3 Å². The Hall–Kier alpha value is -3.41. The second kappa shape index (κ2) is 7.54. The van der Waals surface area contributed by atoms with E-state index in [1.165, 1.54) is 17.7 Å². The molecule has 2 heterocycles. The van der Waals surface area contributed by atoms with Gasteiger partial charge in [-0.3, -0.25) is 4.79 Å². The largest absolute Gasteiger partial charge is 0.416 e. The van der Waals surface area contributed by atoms with Crippen molar-refractivity contribution >= 4 is 16.7 Å². The maximum absolute atomic E-state index is 12.7. The maximum atomic E-state index is 12.7. The lowest BCUT2D eigenvalue weighted by molar-refractivity contribution is -0.687. The molecule has 0 aliphatic heterocycles. The van der Waals surface area contributed by atoms with Gasteiger partial charge in [0, 0.05) is 23.4 Å². The summed E-state index contributed by atoms with van der Waals surface area (Å²) in [5, 5.41) is 0.989. The van der Waals surface area contributed by atoms with Gasteiger partial charge in [-0.15, -0.1) is 0 Å². The molecule has 0 amide bonds. The highest BCUT2D eigenvalue weighted by atomic mass is 19.4. The Morgan fingerprint density at radius 2 is 1.66 bits per heavy atom. The first kappa shape index (κ1) is 18.9. The minimum atomic E-state index is -4.41. The van der Waals surface area contributed by atoms with Gasteiger partial charge in [-0.25, -0.2) is 4.57 Å². The second-order valence-corrected chi connectivity index (χ2v) is 6.89. The third-order valence-corrected chi connectivity index (χ3v) is 4.82. The Kier molecular flexibility index (Phi) is 4.92. The molecule has 0 unspecified atom stereocenters. The normalized spacial score (nSPS) is 11.7. The van der Waals surface area contributed by atoms with E-state index in [-0.39, 0.29) is 17.9 Å². The van der Waals surface area contributed by atoms with Crippen LogP contribution in [0.3, 0.4) is 0 Å². The number of pyridine rings is 1. The topological polar surface area (TPSA) is 25.9 Å². The van der Waals surface area contributed by atoms with Crippen molar-refractivity contribution in [2.45, 2.75) is 19.3 Å². The lowest BCUT2D eigenvalue weighted by atomic mass is 10.1. The minimum absolute atomic E-state index is 0.0670. The predicted octanol–water partition coefficient (Wildman–Crippen LogP) is 4.88. The summed E-state index contributed by atoms with van der Waals surface area (Å²) in [6.45, 7) is 0.810. The average Bonchev–Trinajstić information content (AvgIpc) is 3.10. The number of fused-ring (bicyclic) bond motifs is 1. The van der Waals surface area contributed by atoms with E-state index in [1.807, 2.05) is 53.5 Å². The van der Waals surface area contributed by atoms with Crippen molar-refractivity contribution in [3.8, 4) is 0 Å². The number of hydrogen-bond donors (Lipinski definition) is 0. The van der Waals surface area contributed by atoms with Crippen LogP contribution in [-0.2, 0) is 19.3 Å². The maximum Gasteiger partial charge on any atom is 0.416 e. The zero-order valence-corrected chi connectivity index (χ0v) is 15.4. The van der Waals surface area contributed by atoms with E-state index in [2.05, 4.69) is 16.7 Å². The summed E-state index contributed by atoms with van der Waals surface area (Å²) in [7, 11) is 0. The number of alkyl halides is 3. The van der Waals surface area contributed by atoms with E-state index in [0.717, 1.165) is 29.6 Å². The molecule has 146 valence electrons. The number of hydrogen-bond acceptors (Lipinski definition) is 1. The lowest BCUT2D eigenvalue weighted by Crippen LogP contribution is -2.33. The van der Waals surface area contributed by atoms with E-state index in [9.17, 15) is 18.0 Å². The molecule has 3 nitrogen and oxygen atoms in total. The zero-order valence-electron chi connectivity index (χ0n) is 15.4. The fourth-order valence-corrected chi connectivity index (χ4v) is 3.31. The monoisotopic (exact) mass is 395 g/mol. The zero-order chi connectivity index (χ0) is 20.4. The molecule has 2 aromatic heterocycles. The highest BCUT2D eigenvalue weighted by Gasteiger charge is 2.30. The van der Waals surface area contributed by atoms with Gasteiger partial charge in [0.15, 0.2) is 24.7 Å². The Labute approximate surface area is 165 Å². The van der Waals surface area contributed by atoms with Crippen molar-refractivity contribution in [2.24, 2.45) is 0 Å². The highest BCUT2D eigenvalue weighted by Crippen LogP contribution is 2.29. The molecule has 6 heteroatoms. The van der Waals surface area contributed by atoms with Crippen LogP contribution in [0.4, 0.5) is 13.2 Å². The average molecular weight is 395 g/mol. The summed E-state index contributed by atoms with van der Waals surface area (Å²) in [6, 6.07) is 18.3. The molecule has 4 aromatic rings. The molecule has 0 aliphatic carbocycles. The Balaban J connectivity index is 1.51. The third kappa shape index (κ3) is 4.21. The smallest absolute Gasteiger partial charge is 0.339 e. The number of Topliss-reactive ketones (excluding diaryl/α,β-unsaturated/α-hetero) is 1. The van der Waals surface area contributed by atoms with Crippen molar-refractivity contribution in [1.82, 2.24) is 4.57 Å². The van der Waals surface area contributed by atoms with Crippen LogP contribution < -0.4 is 4.57 Å². The van der Waals surface area contributed by atoms with Crippen LogP contribution >= 0.6 is 0 Å². The molecule has 0 radical (unpaired) electrons. The molecule has 0 fully saturated rings. The van der Waals surface area contributed by atoms with Crippen molar-refractivity contribution in [3.05, 3.63) is 102 Å². The molecule has 4 rings (SSSR count). The van der Waals surface area contributed by atoms with Crippen LogP contribution in [-0.4, -0.2) is 10.4 Å². The van der Waals surface area contributed by atoms with Crippen molar-refractivity contribution < 1.29 is 22.5 Å². The Morgan fingerprint density at radius 1 is 0.931 bits per heavy atom. The molecule has 0 bridgehead atoms. The van der Waals surface area contributed by atoms with Crippen LogP contribution in [0.25, 0.3) is 10.9 Å². The number of rotatable bonds is 5. The summed E-state index contributed by atoms with van der Waals surface area (Å²) in [5.74, 6) is -0.239. The fourth-order valence-electron chi connectivity index (χ4n) is 3.31. The van der Waals surface area contributed by atoms with Crippen molar-refractivity contribution in [3.63, 3.8) is 0 Å². The standard InChI is InChI=1S/C23H18F3N2O/c24-23(25,26)20-8-6-18(7-9-20)22(29)16-28-13-10-19-15-27(12-11-21(19)28)14-17-4-2-1-3-5-17/h1-13,15H,14,16H2/q+1. The van der Waals surface area contributed by atoms with Crippen molar-refractivity contribution in [2.75, 3.05) is 0 Å². The predicted molar refractivity (Wildman–Crippen MR) is 103 cm³/mol. The first-order valence-corrected chi connectivity index (χ1v) is 9.12. The number of nitrogens with zero attached hydrogens (tertiary/aromatic N) is 2. The summed E-state index contributed by atoms with van der Waals surface area (Å²) >= 11 is 0. The molecule has 0 atom stereocenters. The molecular weight excluding hydrogens is 377 g/mol. The van der Waals surface area contributed by atoms with Gasteiger partial charge >= 0.3 is 6.18 Å². The van der Waals surface area contributed by atoms with Gasteiger partial charge in [0.1, 0.15) is 0 Å². The molecule has 0 aliphatic rings. The van der Waals surface area contributed by atoms with Gasteiger partial charge in [0.2, 0.25) is 0 Å². The second-order valence-electron chi connectivity index (χ2n) is 6.89. The third-order valence-electron chi connectivity index (χ3n) is 4.82.